The summed E-state index contributed by atoms with van der Waals surface area (Å²) in [5, 5.41) is 26.2. The molecular formula is C32H43N7O8. The summed E-state index contributed by atoms with van der Waals surface area (Å²) < 4.78 is 9.64. The monoisotopic (exact) mass is 653 g/mol. The van der Waals surface area contributed by atoms with Gasteiger partial charge in [-0.15, -0.1) is 0 Å². The fourth-order valence-corrected chi connectivity index (χ4v) is 4.38. The van der Waals surface area contributed by atoms with Crippen molar-refractivity contribution in [2.45, 2.75) is 51.4 Å². The molecule has 0 saturated heterocycles. The highest BCUT2D eigenvalue weighted by atomic mass is 16.6. The number of amides is 3. The number of unbranched alkanes of at least 4 members (excludes halogenated alkanes) is 1. The predicted molar refractivity (Wildman–Crippen MR) is 176 cm³/mol. The molecule has 4 rings (SSSR count). The molecule has 2 aromatic carbocycles. The summed E-state index contributed by atoms with van der Waals surface area (Å²) in [4.78, 5) is 55.2. The van der Waals surface area contributed by atoms with Crippen LogP contribution in [-0.4, -0.2) is 85.3 Å². The average molecular weight is 654 g/mol. The molecule has 3 aromatic rings. The van der Waals surface area contributed by atoms with Gasteiger partial charge in [-0.3, -0.25) is 9.59 Å². The SMILES string of the molecule is CCCCOC(=O)NC(CNC(=O)CC1CC(c2ccc(C=N)cc2)=NO1)C(=O)OC.CN.NC(=O)c1[nH]c2ccccc2c1CO. The molecule has 0 saturated carbocycles. The molecule has 3 amide bonds. The lowest BCUT2D eigenvalue weighted by Crippen LogP contribution is -2.49. The molecule has 0 bridgehead atoms. The highest BCUT2D eigenvalue weighted by Crippen LogP contribution is 2.22. The lowest BCUT2D eigenvalue weighted by atomic mass is 10.0. The molecule has 0 fully saturated rings. The zero-order chi connectivity index (χ0) is 34.8. The van der Waals surface area contributed by atoms with E-state index in [9.17, 15) is 19.2 Å². The topological polar surface area (TPSA) is 244 Å². The Labute approximate surface area is 272 Å². The Morgan fingerprint density at radius 3 is 2.49 bits per heavy atom. The first-order valence-electron chi connectivity index (χ1n) is 14.9. The molecule has 1 aliphatic rings. The van der Waals surface area contributed by atoms with Crippen molar-refractivity contribution >= 4 is 46.7 Å². The molecule has 2 heterocycles. The number of nitrogens with one attached hydrogen (secondary N) is 4. The number of ether oxygens (including phenoxy) is 2. The van der Waals surface area contributed by atoms with Crippen molar-refractivity contribution in [3.8, 4) is 0 Å². The van der Waals surface area contributed by atoms with Gasteiger partial charge in [0.25, 0.3) is 5.91 Å². The predicted octanol–water partition coefficient (Wildman–Crippen LogP) is 2.09. The Morgan fingerprint density at radius 1 is 1.17 bits per heavy atom. The highest BCUT2D eigenvalue weighted by Gasteiger charge is 2.27. The van der Waals surface area contributed by atoms with E-state index in [-0.39, 0.29) is 37.8 Å². The minimum Gasteiger partial charge on any atom is -0.467 e. The van der Waals surface area contributed by atoms with Gasteiger partial charge in [-0.1, -0.05) is 61.0 Å². The number of fused-ring (bicyclic) bond motifs is 1. The lowest BCUT2D eigenvalue weighted by Gasteiger charge is -2.17. The van der Waals surface area contributed by atoms with Crippen molar-refractivity contribution < 1.29 is 38.6 Å². The van der Waals surface area contributed by atoms with Gasteiger partial charge >= 0.3 is 12.1 Å². The van der Waals surface area contributed by atoms with E-state index < -0.39 is 30.1 Å². The third kappa shape index (κ3) is 11.5. The van der Waals surface area contributed by atoms with Crippen LogP contribution in [0, 0.1) is 5.41 Å². The number of carbonyl (C=O) groups is 4. The van der Waals surface area contributed by atoms with E-state index in [1.165, 1.54) is 20.4 Å². The van der Waals surface area contributed by atoms with Crippen LogP contribution in [0.3, 0.4) is 0 Å². The first kappa shape index (κ1) is 37.9. The van der Waals surface area contributed by atoms with Crippen LogP contribution in [0.2, 0.25) is 0 Å². The first-order chi connectivity index (χ1) is 22.7. The molecule has 1 aliphatic heterocycles. The summed E-state index contributed by atoms with van der Waals surface area (Å²) in [5.74, 6) is -1.59. The largest absolute Gasteiger partial charge is 0.467 e. The Balaban J connectivity index is 0.000000396. The highest BCUT2D eigenvalue weighted by molar-refractivity contribution is 6.02. The molecule has 1 aromatic heterocycles. The minimum atomic E-state index is -1.06. The molecule has 0 radical (unpaired) electrons. The number of benzene rings is 2. The van der Waals surface area contributed by atoms with Crippen LogP contribution in [0.1, 0.15) is 59.8 Å². The van der Waals surface area contributed by atoms with Gasteiger partial charge in [0.05, 0.1) is 32.5 Å². The second-order valence-electron chi connectivity index (χ2n) is 10.0. The van der Waals surface area contributed by atoms with Crippen LogP contribution in [0.25, 0.3) is 10.9 Å². The molecule has 0 spiro atoms. The van der Waals surface area contributed by atoms with E-state index in [0.29, 0.717) is 18.4 Å². The van der Waals surface area contributed by atoms with E-state index in [0.717, 1.165) is 34.2 Å². The molecule has 47 heavy (non-hydrogen) atoms. The number of hydrogen-bond donors (Lipinski definition) is 7. The van der Waals surface area contributed by atoms with Gasteiger partial charge in [-0.05, 0) is 30.7 Å². The van der Waals surface area contributed by atoms with Gasteiger partial charge in [-0.25, -0.2) is 9.59 Å². The van der Waals surface area contributed by atoms with Crippen molar-refractivity contribution in [1.82, 2.24) is 15.6 Å². The Morgan fingerprint density at radius 2 is 1.87 bits per heavy atom. The smallest absolute Gasteiger partial charge is 0.407 e. The van der Waals surface area contributed by atoms with Crippen LogP contribution < -0.4 is 22.1 Å². The number of nitrogens with two attached hydrogens (primary N) is 2. The number of carbonyl (C=O) groups excluding carboxylic acids is 4. The van der Waals surface area contributed by atoms with E-state index in [1.54, 1.807) is 12.1 Å². The van der Waals surface area contributed by atoms with Crippen molar-refractivity contribution in [2.75, 3.05) is 27.3 Å². The van der Waals surface area contributed by atoms with Gasteiger partial charge in [-0.2, -0.15) is 0 Å². The van der Waals surface area contributed by atoms with Crippen LogP contribution in [0.5, 0.6) is 0 Å². The molecule has 2 atom stereocenters. The van der Waals surface area contributed by atoms with Gasteiger partial charge in [0, 0.05) is 35.6 Å². The van der Waals surface area contributed by atoms with Crippen LogP contribution >= 0.6 is 0 Å². The number of alkyl carbamates (subject to hydrolysis) is 1. The maximum Gasteiger partial charge on any atom is 0.407 e. The van der Waals surface area contributed by atoms with Gasteiger partial charge in [0.15, 0.2) is 0 Å². The number of primary amides is 1. The van der Waals surface area contributed by atoms with Gasteiger partial charge < -0.3 is 51.9 Å². The minimum absolute atomic E-state index is 0.0421. The Kier molecular flexibility index (Phi) is 16.1. The number of H-pyrrole nitrogens is 1. The summed E-state index contributed by atoms with van der Waals surface area (Å²) >= 11 is 0. The van der Waals surface area contributed by atoms with E-state index in [1.807, 2.05) is 43.3 Å². The maximum atomic E-state index is 12.3. The first-order valence-corrected chi connectivity index (χ1v) is 14.9. The summed E-state index contributed by atoms with van der Waals surface area (Å²) in [6.45, 7) is 1.88. The van der Waals surface area contributed by atoms with Crippen molar-refractivity contribution in [3.05, 3.63) is 70.9 Å². The molecule has 0 aliphatic carbocycles. The van der Waals surface area contributed by atoms with Crippen molar-refractivity contribution in [1.29, 1.82) is 5.41 Å². The van der Waals surface area contributed by atoms with E-state index >= 15 is 0 Å². The number of aromatic nitrogens is 1. The quantitative estimate of drug-likeness (QED) is 0.0810. The van der Waals surface area contributed by atoms with Crippen LogP contribution in [0.15, 0.2) is 53.7 Å². The molecule has 9 N–H and O–H groups in total. The second kappa shape index (κ2) is 20.0. The number of methoxy groups -OCH3 is 1. The van der Waals surface area contributed by atoms with Crippen molar-refractivity contribution in [3.63, 3.8) is 0 Å². The number of nitrogens with zero attached hydrogens (tertiary/aromatic N) is 1. The molecule has 2 unspecified atom stereocenters. The average Bonchev–Trinajstić information content (AvgIpc) is 3.72. The second-order valence-corrected chi connectivity index (χ2v) is 10.0. The van der Waals surface area contributed by atoms with E-state index in [2.05, 4.69) is 31.2 Å². The molecule has 15 nitrogen and oxygen atoms in total. The summed E-state index contributed by atoms with van der Waals surface area (Å²) in [6, 6.07) is 13.6. The van der Waals surface area contributed by atoms with Crippen molar-refractivity contribution in [2.24, 2.45) is 16.6 Å². The number of oxime groups is 1. The standard InChI is InChI=1S/C21H28N4O6.C10H10N2O2.CH5N/c1-3-4-9-30-21(28)24-18(20(27)29-2)13-23-19(26)11-16-10-17(25-31-16)15-7-5-14(12-22)6-8-15;11-10(14)9-7(5-13)6-3-1-2-4-8(6)12-9;1-2/h5-8,12,16,18,22H,3-4,9-11,13H2,1-2H3,(H,23,26)(H,24,28);1-4,12-13H,5H2,(H2,11,14);2H2,1H3. The van der Waals surface area contributed by atoms with Gasteiger partial charge in [0.1, 0.15) is 17.8 Å². The number of esters is 1. The Bertz CT molecular complexity index is 1520. The molecule has 15 heteroatoms. The lowest BCUT2D eigenvalue weighted by molar-refractivity contribution is -0.143. The van der Waals surface area contributed by atoms with E-state index in [4.69, 9.17) is 25.8 Å². The van der Waals surface area contributed by atoms with Crippen LogP contribution in [0.4, 0.5) is 4.79 Å². The third-order valence-electron chi connectivity index (χ3n) is 6.79. The normalized spacial score (nSPS) is 13.7. The zero-order valence-corrected chi connectivity index (χ0v) is 26.7. The number of hydrogen-bond acceptors (Lipinski definition) is 11. The van der Waals surface area contributed by atoms with Gasteiger partial charge in [0.2, 0.25) is 5.91 Å². The zero-order valence-electron chi connectivity index (χ0n) is 26.7. The number of aromatic amines is 1. The third-order valence-corrected chi connectivity index (χ3v) is 6.79. The Hall–Kier alpha value is -5.28. The fraction of sp³-hybridized carbons (Fsp3) is 0.375. The summed E-state index contributed by atoms with van der Waals surface area (Å²) in [5.41, 5.74) is 13.7. The number of aliphatic hydroxyl groups excluding tert-OH is 1. The number of para-hydroxylation sites is 1. The summed E-state index contributed by atoms with van der Waals surface area (Å²) in [6.07, 6.45) is 2.16. The fourth-order valence-electron chi connectivity index (χ4n) is 4.38. The van der Waals surface area contributed by atoms with Crippen LogP contribution in [-0.2, 0) is 30.5 Å². The number of aliphatic hydroxyl groups is 1. The molecule has 254 valence electrons. The number of rotatable bonds is 13. The summed E-state index contributed by atoms with van der Waals surface area (Å²) in [7, 11) is 2.70. The maximum absolute atomic E-state index is 12.3. The molecular weight excluding hydrogens is 610 g/mol.